The Morgan fingerprint density at radius 2 is 2.00 bits per heavy atom. The summed E-state index contributed by atoms with van der Waals surface area (Å²) < 4.78 is 27.3. The first-order valence-corrected chi connectivity index (χ1v) is 7.63. The van der Waals surface area contributed by atoms with Crippen molar-refractivity contribution >= 4 is 32.9 Å². The fourth-order valence-corrected chi connectivity index (χ4v) is 3.26. The topological polar surface area (TPSA) is 85.1 Å². The Morgan fingerprint density at radius 1 is 1.30 bits per heavy atom. The molecule has 0 atom stereocenters. The molecule has 0 aliphatic carbocycles. The highest BCUT2D eigenvalue weighted by Gasteiger charge is 2.20. The van der Waals surface area contributed by atoms with Crippen molar-refractivity contribution in [1.29, 1.82) is 0 Å². The number of aryl methyl sites for hydroxylation is 1. The van der Waals surface area contributed by atoms with Gasteiger partial charge in [-0.25, -0.2) is 8.42 Å². The normalized spacial score (nSPS) is 11.1. The number of anilines is 1. The molecule has 0 saturated heterocycles. The monoisotopic (exact) mass is 307 g/mol. The zero-order chi connectivity index (χ0) is 14.8. The summed E-state index contributed by atoms with van der Waals surface area (Å²) in [4.78, 5) is 3.99. The van der Waals surface area contributed by atoms with Crippen LogP contribution in [0.5, 0.6) is 0 Å². The minimum atomic E-state index is -3.77. The number of hydrogen-bond acceptors (Lipinski definition) is 4. The highest BCUT2D eigenvalue weighted by molar-refractivity contribution is 7.93. The molecule has 0 spiro atoms. The van der Waals surface area contributed by atoms with E-state index in [4.69, 9.17) is 18.0 Å². The van der Waals surface area contributed by atoms with E-state index in [0.717, 1.165) is 5.56 Å². The Labute approximate surface area is 122 Å². The van der Waals surface area contributed by atoms with Crippen LogP contribution in [0.2, 0.25) is 0 Å². The lowest BCUT2D eigenvalue weighted by molar-refractivity contribution is 0.601. The Morgan fingerprint density at radius 3 is 2.65 bits per heavy atom. The van der Waals surface area contributed by atoms with Crippen molar-refractivity contribution < 1.29 is 8.42 Å². The molecule has 7 heteroatoms. The summed E-state index contributed by atoms with van der Waals surface area (Å²) in [5, 5.41) is 0. The van der Waals surface area contributed by atoms with Gasteiger partial charge in [0.15, 0.2) is 0 Å². The Hall–Kier alpha value is -1.99. The number of benzene rings is 1. The minimum Gasteiger partial charge on any atom is -0.389 e. The predicted molar refractivity (Wildman–Crippen MR) is 82.1 cm³/mol. The fraction of sp³-hybridized carbons (Fsp3) is 0.0769. The number of nitrogens with zero attached hydrogens (tertiary/aromatic N) is 1. The largest absolute Gasteiger partial charge is 0.389 e. The third-order valence-corrected chi connectivity index (χ3v) is 4.37. The van der Waals surface area contributed by atoms with Crippen molar-refractivity contribution in [1.82, 2.24) is 4.98 Å². The van der Waals surface area contributed by atoms with E-state index >= 15 is 0 Å². The number of rotatable bonds is 4. The molecule has 3 N–H and O–H groups in total. The van der Waals surface area contributed by atoms with Crippen molar-refractivity contribution in [3.8, 4) is 0 Å². The molecule has 0 aliphatic rings. The SMILES string of the molecule is Cc1ccncc1NS(=O)(=O)c1ccccc1C(N)=S. The van der Waals surface area contributed by atoms with Crippen molar-refractivity contribution in [2.24, 2.45) is 5.73 Å². The van der Waals surface area contributed by atoms with E-state index in [9.17, 15) is 8.42 Å². The van der Waals surface area contributed by atoms with Gasteiger partial charge in [0.05, 0.1) is 16.8 Å². The molecule has 0 aliphatic heterocycles. The molecule has 5 nitrogen and oxygen atoms in total. The number of aromatic nitrogens is 1. The van der Waals surface area contributed by atoms with Crippen LogP contribution in [0.4, 0.5) is 5.69 Å². The lowest BCUT2D eigenvalue weighted by Gasteiger charge is -2.12. The molecular weight excluding hydrogens is 294 g/mol. The first kappa shape index (κ1) is 14.4. The van der Waals surface area contributed by atoms with Crippen LogP contribution in [0.15, 0.2) is 47.6 Å². The summed E-state index contributed by atoms with van der Waals surface area (Å²) in [6.07, 6.45) is 3.05. The molecule has 0 amide bonds. The van der Waals surface area contributed by atoms with Crippen LogP contribution in [0.25, 0.3) is 0 Å². The van der Waals surface area contributed by atoms with Crippen molar-refractivity contribution in [3.63, 3.8) is 0 Å². The maximum absolute atomic E-state index is 12.4. The second kappa shape index (κ2) is 5.56. The Balaban J connectivity index is 2.47. The van der Waals surface area contributed by atoms with E-state index in [1.165, 1.54) is 12.3 Å². The number of sulfonamides is 1. The zero-order valence-electron chi connectivity index (χ0n) is 10.7. The number of pyridine rings is 1. The average molecular weight is 307 g/mol. The highest BCUT2D eigenvalue weighted by Crippen LogP contribution is 2.21. The number of nitrogens with two attached hydrogens (primary N) is 1. The summed E-state index contributed by atoms with van der Waals surface area (Å²) in [6.45, 7) is 1.79. The maximum Gasteiger partial charge on any atom is 0.262 e. The maximum atomic E-state index is 12.4. The molecule has 0 fully saturated rings. The van der Waals surface area contributed by atoms with Gasteiger partial charge in [0, 0.05) is 11.8 Å². The highest BCUT2D eigenvalue weighted by atomic mass is 32.2. The van der Waals surface area contributed by atoms with Gasteiger partial charge in [-0.05, 0) is 24.6 Å². The second-order valence-electron chi connectivity index (χ2n) is 4.16. The van der Waals surface area contributed by atoms with Gasteiger partial charge in [-0.15, -0.1) is 0 Å². The van der Waals surface area contributed by atoms with Crippen LogP contribution in [0, 0.1) is 6.92 Å². The first-order valence-electron chi connectivity index (χ1n) is 5.74. The summed E-state index contributed by atoms with van der Waals surface area (Å²) in [6, 6.07) is 8.06. The number of thiocarbonyl (C=S) groups is 1. The van der Waals surface area contributed by atoms with Crippen LogP contribution < -0.4 is 10.5 Å². The third kappa shape index (κ3) is 2.94. The summed E-state index contributed by atoms with van der Waals surface area (Å²) in [5.41, 5.74) is 7.07. The smallest absolute Gasteiger partial charge is 0.262 e. The standard InChI is InChI=1S/C13H13N3O2S2/c1-9-6-7-15-8-11(9)16-20(17,18)12-5-3-2-4-10(12)13(14)19/h2-8,16H,1H3,(H2,14,19). The number of nitrogens with one attached hydrogen (secondary N) is 1. The van der Waals surface area contributed by atoms with Gasteiger partial charge in [0.1, 0.15) is 4.99 Å². The molecule has 1 aromatic heterocycles. The van der Waals surface area contributed by atoms with Crippen LogP contribution in [-0.2, 0) is 10.0 Å². The Kier molecular flexibility index (Phi) is 4.01. The fourth-order valence-electron chi connectivity index (χ4n) is 1.68. The van der Waals surface area contributed by atoms with E-state index in [1.807, 2.05) is 0 Å². The van der Waals surface area contributed by atoms with Crippen LogP contribution in [0.1, 0.15) is 11.1 Å². The van der Waals surface area contributed by atoms with Crippen molar-refractivity contribution in [2.75, 3.05) is 4.72 Å². The predicted octanol–water partition coefficient (Wildman–Crippen LogP) is 1.83. The minimum absolute atomic E-state index is 0.0360. The van der Waals surface area contributed by atoms with Gasteiger partial charge in [-0.2, -0.15) is 0 Å². The molecule has 1 aromatic carbocycles. The molecule has 104 valence electrons. The molecule has 0 unspecified atom stereocenters. The molecule has 0 bridgehead atoms. The third-order valence-electron chi connectivity index (χ3n) is 2.73. The number of hydrogen-bond donors (Lipinski definition) is 2. The van der Waals surface area contributed by atoms with Crippen molar-refractivity contribution in [2.45, 2.75) is 11.8 Å². The van der Waals surface area contributed by atoms with Crippen molar-refractivity contribution in [3.05, 3.63) is 53.9 Å². The van der Waals surface area contributed by atoms with Gasteiger partial charge in [-0.1, -0.05) is 30.4 Å². The molecule has 1 heterocycles. The molecule has 0 saturated carbocycles. The lowest BCUT2D eigenvalue weighted by Crippen LogP contribution is -2.20. The average Bonchev–Trinajstić information content (AvgIpc) is 2.41. The van der Waals surface area contributed by atoms with E-state index in [-0.39, 0.29) is 9.88 Å². The lowest BCUT2D eigenvalue weighted by atomic mass is 10.2. The van der Waals surface area contributed by atoms with E-state index in [2.05, 4.69) is 9.71 Å². The van der Waals surface area contributed by atoms with Gasteiger partial charge >= 0.3 is 0 Å². The zero-order valence-corrected chi connectivity index (χ0v) is 12.3. The van der Waals surface area contributed by atoms with E-state index in [1.54, 1.807) is 37.4 Å². The van der Waals surface area contributed by atoms with Crippen LogP contribution >= 0.6 is 12.2 Å². The quantitative estimate of drug-likeness (QED) is 0.842. The van der Waals surface area contributed by atoms with Crippen LogP contribution in [-0.4, -0.2) is 18.4 Å². The molecule has 20 heavy (non-hydrogen) atoms. The first-order chi connectivity index (χ1) is 9.42. The molecule has 0 radical (unpaired) electrons. The van der Waals surface area contributed by atoms with Crippen LogP contribution in [0.3, 0.4) is 0 Å². The second-order valence-corrected chi connectivity index (χ2v) is 6.25. The van der Waals surface area contributed by atoms with E-state index in [0.29, 0.717) is 11.3 Å². The molecule has 2 aromatic rings. The molecule has 2 rings (SSSR count). The summed E-state index contributed by atoms with van der Waals surface area (Å²) >= 11 is 4.88. The Bertz CT molecular complexity index is 758. The van der Waals surface area contributed by atoms with Gasteiger partial charge in [0.25, 0.3) is 10.0 Å². The summed E-state index contributed by atoms with van der Waals surface area (Å²) in [5.74, 6) is 0. The van der Waals surface area contributed by atoms with Gasteiger partial charge in [-0.3, -0.25) is 9.71 Å². The van der Waals surface area contributed by atoms with Gasteiger partial charge < -0.3 is 5.73 Å². The molecular formula is C13H13N3O2S2. The van der Waals surface area contributed by atoms with E-state index < -0.39 is 10.0 Å². The summed E-state index contributed by atoms with van der Waals surface area (Å²) in [7, 11) is -3.77. The van der Waals surface area contributed by atoms with Gasteiger partial charge in [0.2, 0.25) is 0 Å².